The summed E-state index contributed by atoms with van der Waals surface area (Å²) >= 11 is 0. The molecular weight excluding hydrogens is 216 g/mol. The molecule has 88 valence electrons. The van der Waals surface area contributed by atoms with Gasteiger partial charge in [0.05, 0.1) is 0 Å². The highest BCUT2D eigenvalue weighted by Gasteiger charge is 2.06. The fourth-order valence-corrected chi connectivity index (χ4v) is 2.55. The number of fused-ring (bicyclic) bond motifs is 1. The average molecular weight is 232 g/mol. The van der Waals surface area contributed by atoms with Crippen LogP contribution in [0.2, 0.25) is 0 Å². The summed E-state index contributed by atoms with van der Waals surface area (Å²) in [7, 11) is 0. The summed E-state index contributed by atoms with van der Waals surface area (Å²) in [4.78, 5) is 0. The largest absolute Gasteiger partial charge is 0.0622 e. The van der Waals surface area contributed by atoms with Gasteiger partial charge < -0.3 is 0 Å². The molecule has 3 rings (SSSR count). The maximum atomic E-state index is 2.25. The highest BCUT2D eigenvalue weighted by molar-refractivity contribution is 5.98. The third kappa shape index (κ3) is 1.80. The zero-order valence-electron chi connectivity index (χ0n) is 10.8. The molecule has 0 bridgehead atoms. The van der Waals surface area contributed by atoms with E-state index in [1.165, 1.54) is 33.0 Å². The molecule has 0 aliphatic rings. The van der Waals surface area contributed by atoms with Gasteiger partial charge in [-0.3, -0.25) is 0 Å². The first-order chi connectivity index (χ1) is 8.75. The molecule has 3 aromatic rings. The van der Waals surface area contributed by atoms with E-state index in [-0.39, 0.29) is 0 Å². The molecule has 18 heavy (non-hydrogen) atoms. The van der Waals surface area contributed by atoms with Crippen LogP contribution in [0, 0.1) is 13.8 Å². The zero-order chi connectivity index (χ0) is 12.5. The smallest absolute Gasteiger partial charge is 0.00761 e. The van der Waals surface area contributed by atoms with Gasteiger partial charge >= 0.3 is 0 Å². The van der Waals surface area contributed by atoms with Gasteiger partial charge in [-0.15, -0.1) is 0 Å². The maximum absolute atomic E-state index is 2.25. The quantitative estimate of drug-likeness (QED) is 0.546. The van der Waals surface area contributed by atoms with Crippen molar-refractivity contribution in [3.05, 3.63) is 71.8 Å². The lowest BCUT2D eigenvalue weighted by molar-refractivity contribution is 1.46. The number of benzene rings is 3. The highest BCUT2D eigenvalue weighted by atomic mass is 14.1. The van der Waals surface area contributed by atoms with Gasteiger partial charge in [-0.2, -0.15) is 0 Å². The molecule has 0 spiro atoms. The van der Waals surface area contributed by atoms with Crippen molar-refractivity contribution in [1.29, 1.82) is 0 Å². The van der Waals surface area contributed by atoms with Crippen molar-refractivity contribution in [2.24, 2.45) is 0 Å². The molecule has 0 radical (unpaired) electrons. The minimum atomic E-state index is 1.30. The van der Waals surface area contributed by atoms with Crippen LogP contribution in [-0.4, -0.2) is 0 Å². The number of rotatable bonds is 1. The van der Waals surface area contributed by atoms with Crippen LogP contribution in [0.3, 0.4) is 0 Å². The molecule has 0 aliphatic carbocycles. The Labute approximate surface area is 108 Å². The molecule has 0 saturated heterocycles. The minimum Gasteiger partial charge on any atom is -0.0622 e. The Bertz CT molecular complexity index is 694. The Morgan fingerprint density at radius 2 is 1.50 bits per heavy atom. The van der Waals surface area contributed by atoms with E-state index in [1.807, 2.05) is 0 Å². The van der Waals surface area contributed by atoms with E-state index in [9.17, 15) is 0 Å². The van der Waals surface area contributed by atoms with Gasteiger partial charge in [-0.25, -0.2) is 0 Å². The normalized spacial score (nSPS) is 10.8. The fourth-order valence-electron chi connectivity index (χ4n) is 2.55. The van der Waals surface area contributed by atoms with Crippen molar-refractivity contribution in [3.8, 4) is 11.1 Å². The van der Waals surface area contributed by atoms with Crippen molar-refractivity contribution in [2.45, 2.75) is 13.8 Å². The Balaban J connectivity index is 2.37. The van der Waals surface area contributed by atoms with Gasteiger partial charge in [0.15, 0.2) is 0 Å². The first-order valence-electron chi connectivity index (χ1n) is 6.31. The predicted molar refractivity (Wildman–Crippen MR) is 78.9 cm³/mol. The van der Waals surface area contributed by atoms with Crippen LogP contribution in [0.25, 0.3) is 21.9 Å². The molecule has 0 nitrogen and oxygen atoms in total. The molecule has 0 N–H and O–H groups in total. The van der Waals surface area contributed by atoms with E-state index < -0.39 is 0 Å². The number of hydrogen-bond donors (Lipinski definition) is 0. The maximum Gasteiger partial charge on any atom is -0.00761 e. The topological polar surface area (TPSA) is 0 Å². The predicted octanol–water partition coefficient (Wildman–Crippen LogP) is 5.12. The number of hydrogen-bond acceptors (Lipinski definition) is 0. The van der Waals surface area contributed by atoms with Crippen molar-refractivity contribution >= 4 is 10.8 Å². The molecule has 0 aromatic heterocycles. The summed E-state index contributed by atoms with van der Waals surface area (Å²) in [6.45, 7) is 4.32. The monoisotopic (exact) mass is 232 g/mol. The molecule has 0 unspecified atom stereocenters. The summed E-state index contributed by atoms with van der Waals surface area (Å²) in [6, 6.07) is 21.7. The van der Waals surface area contributed by atoms with Crippen LogP contribution in [0.5, 0.6) is 0 Å². The van der Waals surface area contributed by atoms with E-state index in [0.717, 1.165) is 0 Å². The summed E-state index contributed by atoms with van der Waals surface area (Å²) < 4.78 is 0. The molecule has 0 fully saturated rings. The fraction of sp³-hybridized carbons (Fsp3) is 0.111. The molecule has 0 heterocycles. The highest BCUT2D eigenvalue weighted by Crippen LogP contribution is 2.32. The van der Waals surface area contributed by atoms with E-state index in [1.54, 1.807) is 0 Å². The Kier molecular flexibility index (Phi) is 2.64. The SMILES string of the molecule is Cc1ccc2c(-c3ccccc3)c(C)ccc2c1. The summed E-state index contributed by atoms with van der Waals surface area (Å²) in [5.74, 6) is 0. The van der Waals surface area contributed by atoms with Crippen LogP contribution < -0.4 is 0 Å². The van der Waals surface area contributed by atoms with Gasteiger partial charge in [0.1, 0.15) is 0 Å². The summed E-state index contributed by atoms with van der Waals surface area (Å²) in [5.41, 5.74) is 5.29. The Hall–Kier alpha value is -2.08. The third-order valence-electron chi connectivity index (χ3n) is 3.45. The molecule has 0 amide bonds. The van der Waals surface area contributed by atoms with Crippen LogP contribution in [0.15, 0.2) is 60.7 Å². The minimum absolute atomic E-state index is 1.30. The first kappa shape index (κ1) is 11.0. The molecule has 3 aromatic carbocycles. The Morgan fingerprint density at radius 3 is 2.28 bits per heavy atom. The average Bonchev–Trinajstić information content (AvgIpc) is 2.40. The van der Waals surface area contributed by atoms with E-state index in [4.69, 9.17) is 0 Å². The molecule has 0 atom stereocenters. The lowest BCUT2D eigenvalue weighted by atomic mass is 9.93. The van der Waals surface area contributed by atoms with Crippen molar-refractivity contribution < 1.29 is 0 Å². The standard InChI is InChI=1S/C18H16/c1-13-8-11-17-16(12-13)10-9-14(2)18(17)15-6-4-3-5-7-15/h3-12H,1-2H3. The van der Waals surface area contributed by atoms with Crippen molar-refractivity contribution in [2.75, 3.05) is 0 Å². The van der Waals surface area contributed by atoms with Gasteiger partial charge in [0.2, 0.25) is 0 Å². The molecule has 0 heteroatoms. The number of aryl methyl sites for hydroxylation is 2. The second-order valence-electron chi connectivity index (χ2n) is 4.85. The van der Waals surface area contributed by atoms with E-state index in [2.05, 4.69) is 74.5 Å². The molecular formula is C18H16. The van der Waals surface area contributed by atoms with E-state index >= 15 is 0 Å². The lowest BCUT2D eigenvalue weighted by Crippen LogP contribution is -1.86. The van der Waals surface area contributed by atoms with Crippen molar-refractivity contribution in [3.63, 3.8) is 0 Å². The lowest BCUT2D eigenvalue weighted by Gasteiger charge is -2.11. The van der Waals surface area contributed by atoms with Crippen LogP contribution in [0.1, 0.15) is 11.1 Å². The van der Waals surface area contributed by atoms with Gasteiger partial charge in [0.25, 0.3) is 0 Å². The van der Waals surface area contributed by atoms with Crippen LogP contribution in [0.4, 0.5) is 0 Å². The van der Waals surface area contributed by atoms with Crippen LogP contribution in [-0.2, 0) is 0 Å². The Morgan fingerprint density at radius 1 is 0.722 bits per heavy atom. The van der Waals surface area contributed by atoms with Crippen molar-refractivity contribution in [1.82, 2.24) is 0 Å². The van der Waals surface area contributed by atoms with Crippen LogP contribution >= 0.6 is 0 Å². The van der Waals surface area contributed by atoms with E-state index in [0.29, 0.717) is 0 Å². The molecule has 0 saturated carbocycles. The van der Waals surface area contributed by atoms with Gasteiger partial charge in [0, 0.05) is 0 Å². The second kappa shape index (κ2) is 4.30. The first-order valence-corrected chi connectivity index (χ1v) is 6.31. The molecule has 0 aliphatic heterocycles. The van der Waals surface area contributed by atoms with Gasteiger partial charge in [-0.1, -0.05) is 66.2 Å². The summed E-state index contributed by atoms with van der Waals surface area (Å²) in [5, 5.41) is 2.66. The summed E-state index contributed by atoms with van der Waals surface area (Å²) in [6.07, 6.45) is 0. The van der Waals surface area contributed by atoms with Gasteiger partial charge in [-0.05, 0) is 41.3 Å². The zero-order valence-corrected chi connectivity index (χ0v) is 10.8. The second-order valence-corrected chi connectivity index (χ2v) is 4.85. The third-order valence-corrected chi connectivity index (χ3v) is 3.45.